The zero-order chi connectivity index (χ0) is 16.2. The van der Waals surface area contributed by atoms with Gasteiger partial charge in [0.25, 0.3) is 0 Å². The molecule has 1 atom stereocenters. The molecule has 0 aliphatic carbocycles. The summed E-state index contributed by atoms with van der Waals surface area (Å²) in [7, 11) is -1.29. The lowest BCUT2D eigenvalue weighted by Gasteiger charge is -2.20. The molecule has 0 amide bonds. The molecule has 0 saturated carbocycles. The van der Waals surface area contributed by atoms with Gasteiger partial charge < -0.3 is 9.47 Å². The molecule has 7 heteroatoms. The fraction of sp³-hybridized carbons (Fsp3) is 0.500. The zero-order valence-electron chi connectivity index (χ0n) is 12.8. The van der Waals surface area contributed by atoms with Gasteiger partial charge in [-0.1, -0.05) is 19.9 Å². The van der Waals surface area contributed by atoms with Gasteiger partial charge in [0.05, 0.1) is 14.2 Å². The molecular formula is C14H21NO5S. The maximum atomic E-state index is 12.5. The summed E-state index contributed by atoms with van der Waals surface area (Å²) in [4.78, 5) is 11.7. The number of rotatable bonds is 6. The summed E-state index contributed by atoms with van der Waals surface area (Å²) < 4.78 is 37.1. The van der Waals surface area contributed by atoms with E-state index in [1.807, 2.05) is 0 Å². The predicted octanol–water partition coefficient (Wildman–Crippen LogP) is 1.48. The SMILES string of the molecule is COC(=O)C(NS(=O)(=O)c1cc(C)ccc1OC)C(C)C. The molecule has 0 saturated heterocycles. The molecule has 21 heavy (non-hydrogen) atoms. The maximum Gasteiger partial charge on any atom is 0.324 e. The van der Waals surface area contributed by atoms with Crippen LogP contribution in [0.2, 0.25) is 0 Å². The van der Waals surface area contributed by atoms with Crippen LogP contribution in [0.15, 0.2) is 23.1 Å². The number of methoxy groups -OCH3 is 2. The van der Waals surface area contributed by atoms with Gasteiger partial charge in [-0.25, -0.2) is 8.42 Å². The van der Waals surface area contributed by atoms with E-state index in [0.29, 0.717) is 0 Å². The number of benzene rings is 1. The molecule has 1 N–H and O–H groups in total. The third kappa shape index (κ3) is 4.18. The number of nitrogens with one attached hydrogen (secondary N) is 1. The molecule has 0 spiro atoms. The summed E-state index contributed by atoms with van der Waals surface area (Å²) in [5, 5.41) is 0. The Balaban J connectivity index is 3.22. The van der Waals surface area contributed by atoms with E-state index in [1.165, 1.54) is 20.3 Å². The van der Waals surface area contributed by atoms with Crippen LogP contribution in [-0.4, -0.2) is 34.6 Å². The highest BCUT2D eigenvalue weighted by atomic mass is 32.2. The summed E-state index contributed by atoms with van der Waals surface area (Å²) in [5.74, 6) is -0.649. The summed E-state index contributed by atoms with van der Waals surface area (Å²) in [6, 6.07) is 3.87. The van der Waals surface area contributed by atoms with Gasteiger partial charge >= 0.3 is 5.97 Å². The largest absolute Gasteiger partial charge is 0.495 e. The minimum atomic E-state index is -3.90. The van der Waals surface area contributed by atoms with Crippen molar-refractivity contribution in [2.75, 3.05) is 14.2 Å². The first kappa shape index (κ1) is 17.5. The van der Waals surface area contributed by atoms with Gasteiger partial charge in [-0.3, -0.25) is 4.79 Å². The molecule has 1 aromatic rings. The average Bonchev–Trinajstić information content (AvgIpc) is 2.43. The van der Waals surface area contributed by atoms with Crippen molar-refractivity contribution in [3.05, 3.63) is 23.8 Å². The Morgan fingerprint density at radius 2 is 1.86 bits per heavy atom. The maximum absolute atomic E-state index is 12.5. The Bertz CT molecular complexity index is 610. The highest BCUT2D eigenvalue weighted by molar-refractivity contribution is 7.89. The fourth-order valence-corrected chi connectivity index (χ4v) is 3.39. The fourth-order valence-electron chi connectivity index (χ4n) is 1.81. The lowest BCUT2D eigenvalue weighted by molar-refractivity contribution is -0.143. The zero-order valence-corrected chi connectivity index (χ0v) is 13.7. The monoisotopic (exact) mass is 315 g/mol. The molecule has 0 bridgehead atoms. The van der Waals surface area contributed by atoms with Gasteiger partial charge in [0, 0.05) is 0 Å². The Morgan fingerprint density at radius 1 is 1.24 bits per heavy atom. The number of carbonyl (C=O) groups excluding carboxylic acids is 1. The predicted molar refractivity (Wildman–Crippen MR) is 78.7 cm³/mol. The molecule has 1 unspecified atom stereocenters. The Labute approximate surface area is 125 Å². The minimum Gasteiger partial charge on any atom is -0.495 e. The van der Waals surface area contributed by atoms with Crippen molar-refractivity contribution in [1.82, 2.24) is 4.72 Å². The van der Waals surface area contributed by atoms with Crippen LogP contribution in [0.4, 0.5) is 0 Å². The Hall–Kier alpha value is -1.60. The van der Waals surface area contributed by atoms with Gasteiger partial charge in [0.2, 0.25) is 10.0 Å². The molecule has 118 valence electrons. The van der Waals surface area contributed by atoms with Crippen molar-refractivity contribution in [1.29, 1.82) is 0 Å². The van der Waals surface area contributed by atoms with Crippen LogP contribution in [0, 0.1) is 12.8 Å². The lowest BCUT2D eigenvalue weighted by Crippen LogP contribution is -2.44. The minimum absolute atomic E-state index is 0.000414. The topological polar surface area (TPSA) is 81.7 Å². The average molecular weight is 315 g/mol. The molecule has 0 radical (unpaired) electrons. The normalized spacial score (nSPS) is 13.0. The summed E-state index contributed by atoms with van der Waals surface area (Å²) in [6.45, 7) is 5.24. The first-order valence-electron chi connectivity index (χ1n) is 6.47. The number of carbonyl (C=O) groups is 1. The van der Waals surface area contributed by atoms with E-state index in [9.17, 15) is 13.2 Å². The third-order valence-electron chi connectivity index (χ3n) is 3.01. The molecule has 0 heterocycles. The van der Waals surface area contributed by atoms with Crippen molar-refractivity contribution < 1.29 is 22.7 Å². The van der Waals surface area contributed by atoms with Gasteiger partial charge in [0.15, 0.2) is 0 Å². The van der Waals surface area contributed by atoms with Crippen LogP contribution >= 0.6 is 0 Å². The first-order chi connectivity index (χ1) is 9.72. The van der Waals surface area contributed by atoms with E-state index in [1.54, 1.807) is 32.9 Å². The number of aryl methyl sites for hydroxylation is 1. The smallest absolute Gasteiger partial charge is 0.324 e. The molecule has 0 aromatic heterocycles. The van der Waals surface area contributed by atoms with E-state index in [-0.39, 0.29) is 16.6 Å². The van der Waals surface area contributed by atoms with Crippen LogP contribution in [0.5, 0.6) is 5.75 Å². The van der Waals surface area contributed by atoms with Gasteiger partial charge in [0.1, 0.15) is 16.7 Å². The molecule has 0 aliphatic heterocycles. The molecule has 6 nitrogen and oxygen atoms in total. The van der Waals surface area contributed by atoms with Gasteiger partial charge in [-0.15, -0.1) is 0 Å². The van der Waals surface area contributed by atoms with Crippen molar-refractivity contribution in [3.8, 4) is 5.75 Å². The quantitative estimate of drug-likeness (QED) is 0.804. The number of sulfonamides is 1. The standard InChI is InChI=1S/C14H21NO5S/c1-9(2)13(14(16)20-5)15-21(17,18)12-8-10(3)6-7-11(12)19-4/h6-9,13,15H,1-5H3. The van der Waals surface area contributed by atoms with Crippen molar-refractivity contribution >= 4 is 16.0 Å². The van der Waals surface area contributed by atoms with E-state index < -0.39 is 22.0 Å². The van der Waals surface area contributed by atoms with Crippen LogP contribution in [0.1, 0.15) is 19.4 Å². The number of ether oxygens (including phenoxy) is 2. The second-order valence-electron chi connectivity index (χ2n) is 5.02. The third-order valence-corrected chi connectivity index (χ3v) is 4.47. The molecular weight excluding hydrogens is 294 g/mol. The Morgan fingerprint density at radius 3 is 2.33 bits per heavy atom. The van der Waals surface area contributed by atoms with Crippen LogP contribution < -0.4 is 9.46 Å². The van der Waals surface area contributed by atoms with Crippen LogP contribution in [-0.2, 0) is 19.6 Å². The van der Waals surface area contributed by atoms with Gasteiger partial charge in [-0.2, -0.15) is 4.72 Å². The van der Waals surface area contributed by atoms with Crippen LogP contribution in [0.25, 0.3) is 0 Å². The molecule has 0 aliphatic rings. The lowest BCUT2D eigenvalue weighted by atomic mass is 10.1. The molecule has 1 rings (SSSR count). The van der Waals surface area contributed by atoms with Crippen molar-refractivity contribution in [3.63, 3.8) is 0 Å². The van der Waals surface area contributed by atoms with E-state index >= 15 is 0 Å². The molecule has 0 fully saturated rings. The number of hydrogen-bond donors (Lipinski definition) is 1. The highest BCUT2D eigenvalue weighted by Crippen LogP contribution is 2.25. The molecule has 1 aromatic carbocycles. The van der Waals surface area contributed by atoms with Crippen molar-refractivity contribution in [2.45, 2.75) is 31.7 Å². The number of hydrogen-bond acceptors (Lipinski definition) is 5. The van der Waals surface area contributed by atoms with E-state index in [4.69, 9.17) is 4.74 Å². The van der Waals surface area contributed by atoms with E-state index in [2.05, 4.69) is 9.46 Å². The number of esters is 1. The summed E-state index contributed by atoms with van der Waals surface area (Å²) in [5.41, 5.74) is 0.773. The first-order valence-corrected chi connectivity index (χ1v) is 7.96. The summed E-state index contributed by atoms with van der Waals surface area (Å²) in [6.07, 6.45) is 0. The van der Waals surface area contributed by atoms with E-state index in [0.717, 1.165) is 5.56 Å². The second kappa shape index (κ2) is 6.91. The van der Waals surface area contributed by atoms with Crippen molar-refractivity contribution in [2.24, 2.45) is 5.92 Å². The summed E-state index contributed by atoms with van der Waals surface area (Å²) >= 11 is 0. The second-order valence-corrected chi connectivity index (χ2v) is 6.70. The van der Waals surface area contributed by atoms with Gasteiger partial charge in [-0.05, 0) is 30.5 Å². The van der Waals surface area contributed by atoms with Crippen LogP contribution in [0.3, 0.4) is 0 Å². The highest BCUT2D eigenvalue weighted by Gasteiger charge is 2.30. The Kier molecular flexibility index (Phi) is 5.74.